The second kappa shape index (κ2) is 6.62. The highest BCUT2D eigenvalue weighted by molar-refractivity contribution is 5.38. The zero-order chi connectivity index (χ0) is 11.7. The molecule has 1 heteroatoms. The van der Waals surface area contributed by atoms with E-state index in [0.717, 1.165) is 0 Å². The normalized spacial score (nSPS) is 17.9. The molecule has 0 saturated carbocycles. The van der Waals surface area contributed by atoms with E-state index in [1.165, 1.54) is 0 Å². The fourth-order valence-corrected chi connectivity index (χ4v) is 0.614. The molecule has 0 N–H and O–H groups in total. The number of ether oxygens (including phenoxy) is 1. The van der Waals surface area contributed by atoms with Crippen LogP contribution in [0.5, 0.6) is 0 Å². The maximum absolute atomic E-state index is 5.10. The summed E-state index contributed by atoms with van der Waals surface area (Å²) in [4.78, 5) is 0. The van der Waals surface area contributed by atoms with E-state index in [9.17, 15) is 0 Å². The monoisotopic (exact) mass is 198 g/mol. The largest absolute Gasteiger partial charge is 0.367 e. The minimum absolute atomic E-state index is 0.208. The van der Waals surface area contributed by atoms with Crippen LogP contribution in [0.3, 0.4) is 0 Å². The van der Waals surface area contributed by atoms with E-state index >= 15 is 0 Å². The molecule has 1 nitrogen and oxygen atoms in total. The summed E-state index contributed by atoms with van der Waals surface area (Å²) in [6.45, 7) is 7.98. The summed E-state index contributed by atoms with van der Waals surface area (Å²) in [7, 11) is 0. The Morgan fingerprint density at radius 1 is 1.07 bits per heavy atom. The van der Waals surface area contributed by atoms with Gasteiger partial charge in [0.25, 0.3) is 0 Å². The van der Waals surface area contributed by atoms with E-state index in [-0.39, 0.29) is 5.60 Å². The van der Waals surface area contributed by atoms with E-state index in [1.54, 1.807) is 6.92 Å². The van der Waals surface area contributed by atoms with Gasteiger partial charge >= 0.3 is 0 Å². The van der Waals surface area contributed by atoms with Crippen molar-refractivity contribution in [2.24, 2.45) is 0 Å². The zero-order valence-corrected chi connectivity index (χ0v) is 9.56. The number of terminal acetylenes is 1. The van der Waals surface area contributed by atoms with Crippen LogP contribution in [0.25, 0.3) is 0 Å². The van der Waals surface area contributed by atoms with Crippen molar-refractivity contribution in [3.8, 4) is 47.9 Å². The fraction of sp³-hybridized carbons (Fsp3) is 0.429. The SMILES string of the molecule is C#CC#CC#CC#CC.CC1OC1(C)C. The van der Waals surface area contributed by atoms with Crippen molar-refractivity contribution < 1.29 is 4.74 Å². The molecule has 0 radical (unpaired) electrons. The first-order valence-electron chi connectivity index (χ1n) is 4.59. The quantitative estimate of drug-likeness (QED) is 0.427. The Morgan fingerprint density at radius 3 is 1.80 bits per heavy atom. The van der Waals surface area contributed by atoms with Crippen LogP contribution in [0, 0.1) is 47.9 Å². The van der Waals surface area contributed by atoms with Gasteiger partial charge in [-0.05, 0) is 63.2 Å². The van der Waals surface area contributed by atoms with Crippen LogP contribution >= 0.6 is 0 Å². The van der Waals surface area contributed by atoms with Crippen LogP contribution in [0.1, 0.15) is 27.7 Å². The minimum atomic E-state index is 0.208. The van der Waals surface area contributed by atoms with Gasteiger partial charge in [-0.2, -0.15) is 0 Å². The molecule has 76 valence electrons. The molecule has 0 bridgehead atoms. The van der Waals surface area contributed by atoms with E-state index in [4.69, 9.17) is 11.2 Å². The number of rotatable bonds is 0. The third-order valence-electron chi connectivity index (χ3n) is 1.85. The summed E-state index contributed by atoms with van der Waals surface area (Å²) >= 11 is 0. The van der Waals surface area contributed by atoms with E-state index in [1.807, 2.05) is 0 Å². The Labute approximate surface area is 92.6 Å². The van der Waals surface area contributed by atoms with Crippen LogP contribution in [-0.2, 0) is 4.74 Å². The first-order valence-corrected chi connectivity index (χ1v) is 4.59. The smallest absolute Gasteiger partial charge is 0.0889 e. The van der Waals surface area contributed by atoms with E-state index in [2.05, 4.69) is 62.2 Å². The third-order valence-corrected chi connectivity index (χ3v) is 1.85. The Bertz CT molecular complexity index is 416. The summed E-state index contributed by atoms with van der Waals surface area (Å²) in [5.74, 6) is 17.0. The highest BCUT2D eigenvalue weighted by atomic mass is 16.6. The molecule has 0 amide bonds. The highest BCUT2D eigenvalue weighted by Gasteiger charge is 2.43. The Morgan fingerprint density at radius 2 is 1.47 bits per heavy atom. The summed E-state index contributed by atoms with van der Waals surface area (Å²) in [6.07, 6.45) is 5.31. The molecule has 1 aliphatic rings. The number of hydrogen-bond donors (Lipinski definition) is 0. The maximum atomic E-state index is 5.10. The Kier molecular flexibility index (Phi) is 5.83. The molecule has 1 rings (SSSR count). The van der Waals surface area contributed by atoms with Crippen LogP contribution in [0.4, 0.5) is 0 Å². The van der Waals surface area contributed by atoms with Crippen molar-refractivity contribution in [2.75, 3.05) is 0 Å². The first-order chi connectivity index (χ1) is 7.04. The molecule has 1 fully saturated rings. The van der Waals surface area contributed by atoms with Gasteiger partial charge in [-0.25, -0.2) is 0 Å². The second-order valence-corrected chi connectivity index (χ2v) is 3.38. The molecule has 0 aromatic heterocycles. The highest BCUT2D eigenvalue weighted by Crippen LogP contribution is 2.33. The van der Waals surface area contributed by atoms with Crippen molar-refractivity contribution in [3.05, 3.63) is 0 Å². The van der Waals surface area contributed by atoms with Crippen LogP contribution in [0.15, 0.2) is 0 Å². The summed E-state index contributed by atoms with van der Waals surface area (Å²) in [5, 5.41) is 0. The molecular formula is C14H14O. The topological polar surface area (TPSA) is 12.5 Å². The van der Waals surface area contributed by atoms with Gasteiger partial charge in [0.2, 0.25) is 0 Å². The lowest BCUT2D eigenvalue weighted by molar-refractivity contribution is 0.328. The van der Waals surface area contributed by atoms with Crippen molar-refractivity contribution >= 4 is 0 Å². The van der Waals surface area contributed by atoms with Gasteiger partial charge in [-0.1, -0.05) is 5.92 Å². The molecule has 0 aliphatic carbocycles. The lowest BCUT2D eigenvalue weighted by Gasteiger charge is -1.84. The molecule has 0 aromatic carbocycles. The third kappa shape index (κ3) is 7.28. The van der Waals surface area contributed by atoms with Gasteiger partial charge in [0, 0.05) is 0 Å². The zero-order valence-electron chi connectivity index (χ0n) is 9.56. The molecule has 1 atom stereocenters. The van der Waals surface area contributed by atoms with E-state index in [0.29, 0.717) is 6.10 Å². The van der Waals surface area contributed by atoms with Crippen LogP contribution < -0.4 is 0 Å². The average molecular weight is 198 g/mol. The van der Waals surface area contributed by atoms with Crippen molar-refractivity contribution in [2.45, 2.75) is 39.4 Å². The maximum Gasteiger partial charge on any atom is 0.0889 e. The predicted octanol–water partition coefficient (Wildman–Crippen LogP) is 1.83. The Balaban J connectivity index is 0.000000280. The Hall–Kier alpha value is -1.80. The number of hydrogen-bond acceptors (Lipinski definition) is 1. The molecule has 15 heavy (non-hydrogen) atoms. The van der Waals surface area contributed by atoms with Gasteiger partial charge in [0.1, 0.15) is 0 Å². The number of epoxide rings is 1. The lowest BCUT2D eigenvalue weighted by atomic mass is 10.2. The molecular weight excluding hydrogens is 184 g/mol. The average Bonchev–Trinajstić information content (AvgIpc) is 2.72. The first kappa shape index (κ1) is 13.2. The van der Waals surface area contributed by atoms with Gasteiger partial charge in [0.05, 0.1) is 11.7 Å². The summed E-state index contributed by atoms with van der Waals surface area (Å²) in [5.41, 5.74) is 0.208. The summed E-state index contributed by atoms with van der Waals surface area (Å²) in [6, 6.07) is 0. The fourth-order valence-electron chi connectivity index (χ4n) is 0.614. The van der Waals surface area contributed by atoms with Crippen LogP contribution in [0.2, 0.25) is 0 Å². The summed E-state index contributed by atoms with van der Waals surface area (Å²) < 4.78 is 5.10. The van der Waals surface area contributed by atoms with Crippen molar-refractivity contribution in [1.29, 1.82) is 0 Å². The standard InChI is InChI=1S/C9H4.C5H10O/c1-3-5-7-9-8-6-4-2;1-4-5(2,3)6-4/h1H,2H3;4H,1-3H3. The molecule has 1 heterocycles. The lowest BCUT2D eigenvalue weighted by Crippen LogP contribution is -1.97. The molecule has 1 unspecified atom stereocenters. The van der Waals surface area contributed by atoms with Crippen LogP contribution in [-0.4, -0.2) is 11.7 Å². The van der Waals surface area contributed by atoms with Gasteiger partial charge in [-0.3, -0.25) is 0 Å². The molecule has 1 saturated heterocycles. The second-order valence-electron chi connectivity index (χ2n) is 3.38. The van der Waals surface area contributed by atoms with Crippen molar-refractivity contribution in [1.82, 2.24) is 0 Å². The van der Waals surface area contributed by atoms with Gasteiger partial charge < -0.3 is 4.74 Å². The molecule has 0 aromatic rings. The van der Waals surface area contributed by atoms with Gasteiger partial charge in [0.15, 0.2) is 0 Å². The van der Waals surface area contributed by atoms with Crippen molar-refractivity contribution in [3.63, 3.8) is 0 Å². The minimum Gasteiger partial charge on any atom is -0.367 e. The molecule has 0 spiro atoms. The van der Waals surface area contributed by atoms with Gasteiger partial charge in [-0.15, -0.1) is 6.42 Å². The van der Waals surface area contributed by atoms with E-state index < -0.39 is 0 Å². The molecule has 1 aliphatic heterocycles. The predicted molar refractivity (Wildman–Crippen MR) is 62.5 cm³/mol.